The fourth-order valence-corrected chi connectivity index (χ4v) is 1.88. The van der Waals surface area contributed by atoms with Crippen molar-refractivity contribution in [3.63, 3.8) is 0 Å². The average molecular weight is 343 g/mol. The van der Waals surface area contributed by atoms with Crippen molar-refractivity contribution < 1.29 is 4.92 Å². The van der Waals surface area contributed by atoms with Crippen molar-refractivity contribution in [2.45, 2.75) is 6.54 Å². The summed E-state index contributed by atoms with van der Waals surface area (Å²) < 4.78 is 0.893. The lowest BCUT2D eigenvalue weighted by atomic mass is 10.2. The van der Waals surface area contributed by atoms with Crippen molar-refractivity contribution >= 4 is 38.9 Å². The van der Waals surface area contributed by atoms with Crippen molar-refractivity contribution in [3.8, 4) is 0 Å². The molecule has 1 aromatic carbocycles. The predicted molar refractivity (Wildman–Crippen MR) is 77.4 cm³/mol. The topological polar surface area (TPSA) is 68.1 Å². The summed E-state index contributed by atoms with van der Waals surface area (Å²) >= 11 is 9.28. The van der Waals surface area contributed by atoms with Gasteiger partial charge in [0, 0.05) is 22.8 Å². The largest absolute Gasteiger partial charge is 0.378 e. The number of anilines is 1. The van der Waals surface area contributed by atoms with Crippen molar-refractivity contribution in [3.05, 3.63) is 61.8 Å². The summed E-state index contributed by atoms with van der Waals surface area (Å²) in [5, 5.41) is 14.2. The Kier molecular flexibility index (Phi) is 4.34. The van der Waals surface area contributed by atoms with Gasteiger partial charge < -0.3 is 5.32 Å². The number of hydrogen-bond acceptors (Lipinski definition) is 4. The smallest absolute Gasteiger partial charge is 0.271 e. The van der Waals surface area contributed by atoms with Gasteiger partial charge in [-0.1, -0.05) is 11.6 Å². The van der Waals surface area contributed by atoms with Crippen LogP contribution in [0.1, 0.15) is 5.69 Å². The summed E-state index contributed by atoms with van der Waals surface area (Å²) in [6.07, 6.45) is 1.69. The first-order valence-electron chi connectivity index (χ1n) is 5.34. The lowest BCUT2D eigenvalue weighted by Crippen LogP contribution is -2.02. The van der Waals surface area contributed by atoms with Crippen LogP contribution in [-0.2, 0) is 6.54 Å². The van der Waals surface area contributed by atoms with Crippen LogP contribution in [0, 0.1) is 10.1 Å². The maximum Gasteiger partial charge on any atom is 0.271 e. The van der Waals surface area contributed by atoms with Gasteiger partial charge in [-0.25, -0.2) is 0 Å². The van der Waals surface area contributed by atoms with E-state index in [1.807, 2.05) is 12.1 Å². The third-order valence-electron chi connectivity index (χ3n) is 2.41. The fourth-order valence-electron chi connectivity index (χ4n) is 1.46. The number of non-ortho nitro benzene ring substituents is 1. The number of nitro benzene ring substituents is 1. The van der Waals surface area contributed by atoms with Gasteiger partial charge in [-0.3, -0.25) is 15.1 Å². The molecule has 0 radical (unpaired) electrons. The van der Waals surface area contributed by atoms with Gasteiger partial charge in [0.15, 0.2) is 0 Å². The Bertz CT molecular complexity index is 604. The maximum atomic E-state index is 10.7. The van der Waals surface area contributed by atoms with E-state index in [0.29, 0.717) is 17.3 Å². The van der Waals surface area contributed by atoms with Gasteiger partial charge in [0.25, 0.3) is 5.69 Å². The highest BCUT2D eigenvalue weighted by atomic mass is 79.9. The molecular weight excluding hydrogens is 334 g/mol. The first-order valence-corrected chi connectivity index (χ1v) is 6.51. The number of nitro groups is 1. The summed E-state index contributed by atoms with van der Waals surface area (Å²) in [6.45, 7) is 0.439. The van der Waals surface area contributed by atoms with Crippen LogP contribution >= 0.6 is 27.5 Å². The van der Waals surface area contributed by atoms with Crippen molar-refractivity contribution in [2.75, 3.05) is 5.32 Å². The molecule has 0 amide bonds. The quantitative estimate of drug-likeness (QED) is 0.673. The van der Waals surface area contributed by atoms with Gasteiger partial charge >= 0.3 is 0 Å². The molecule has 0 saturated carbocycles. The van der Waals surface area contributed by atoms with Crippen LogP contribution in [0.25, 0.3) is 0 Å². The second-order valence-corrected chi connectivity index (χ2v) is 5.07. The van der Waals surface area contributed by atoms with Crippen LogP contribution in [0.5, 0.6) is 0 Å². The first kappa shape index (κ1) is 13.8. The minimum Gasteiger partial charge on any atom is -0.378 e. The number of benzene rings is 1. The summed E-state index contributed by atoms with van der Waals surface area (Å²) in [5.41, 5.74) is 1.32. The zero-order valence-electron chi connectivity index (χ0n) is 9.64. The number of aromatic nitrogens is 1. The van der Waals surface area contributed by atoms with Crippen LogP contribution in [0.3, 0.4) is 0 Å². The molecule has 0 atom stereocenters. The molecule has 98 valence electrons. The predicted octanol–water partition coefficient (Wildman–Crippen LogP) is 4.02. The summed E-state index contributed by atoms with van der Waals surface area (Å²) in [6, 6.07) is 7.99. The number of pyridine rings is 1. The Labute approximate surface area is 122 Å². The van der Waals surface area contributed by atoms with E-state index in [9.17, 15) is 10.1 Å². The number of halogens is 2. The third kappa shape index (κ3) is 3.65. The average Bonchev–Trinajstić information content (AvgIpc) is 2.39. The Morgan fingerprint density at radius 3 is 2.79 bits per heavy atom. The highest BCUT2D eigenvalue weighted by Gasteiger charge is 2.09. The molecule has 7 heteroatoms. The summed E-state index contributed by atoms with van der Waals surface area (Å²) in [5.74, 6) is 0. The minimum absolute atomic E-state index is 0.00401. The molecule has 1 aromatic heterocycles. The van der Waals surface area contributed by atoms with Crippen molar-refractivity contribution in [1.82, 2.24) is 4.98 Å². The van der Waals surface area contributed by atoms with Gasteiger partial charge in [0.1, 0.15) is 0 Å². The SMILES string of the molecule is O=[N+]([O-])c1ccc(Cl)c(NCc2ccc(Br)cn2)c1. The molecule has 0 unspecified atom stereocenters. The van der Waals surface area contributed by atoms with Crippen LogP contribution in [0.4, 0.5) is 11.4 Å². The summed E-state index contributed by atoms with van der Waals surface area (Å²) in [4.78, 5) is 14.4. The lowest BCUT2D eigenvalue weighted by Gasteiger charge is -2.07. The van der Waals surface area contributed by atoms with Crippen LogP contribution in [0.15, 0.2) is 41.0 Å². The van der Waals surface area contributed by atoms with E-state index in [0.717, 1.165) is 10.2 Å². The second kappa shape index (κ2) is 5.99. The summed E-state index contributed by atoms with van der Waals surface area (Å²) in [7, 11) is 0. The van der Waals surface area contributed by atoms with Gasteiger partial charge in [-0.05, 0) is 34.1 Å². The molecule has 1 heterocycles. The Morgan fingerprint density at radius 2 is 2.16 bits per heavy atom. The molecule has 0 aliphatic heterocycles. The minimum atomic E-state index is -0.459. The van der Waals surface area contributed by atoms with Gasteiger partial charge in [0.2, 0.25) is 0 Å². The molecule has 2 rings (SSSR count). The molecule has 0 spiro atoms. The molecule has 19 heavy (non-hydrogen) atoms. The van der Waals surface area contributed by atoms with E-state index >= 15 is 0 Å². The molecule has 0 aliphatic rings. The van der Waals surface area contributed by atoms with Gasteiger partial charge in [-0.15, -0.1) is 0 Å². The maximum absolute atomic E-state index is 10.7. The Hall–Kier alpha value is -1.66. The highest BCUT2D eigenvalue weighted by molar-refractivity contribution is 9.10. The van der Waals surface area contributed by atoms with E-state index in [2.05, 4.69) is 26.2 Å². The van der Waals surface area contributed by atoms with E-state index in [1.54, 1.807) is 6.20 Å². The standard InChI is InChI=1S/C12H9BrClN3O2/c13-8-1-2-9(15-6-8)7-16-12-5-10(17(18)19)3-4-11(12)14/h1-6,16H,7H2. The van der Waals surface area contributed by atoms with Gasteiger partial charge in [-0.2, -0.15) is 0 Å². The first-order chi connectivity index (χ1) is 9.06. The molecule has 0 aliphatic carbocycles. The zero-order chi connectivity index (χ0) is 13.8. The van der Waals surface area contributed by atoms with E-state index in [4.69, 9.17) is 11.6 Å². The molecule has 2 aromatic rings. The lowest BCUT2D eigenvalue weighted by molar-refractivity contribution is -0.384. The Balaban J connectivity index is 2.12. The number of rotatable bonds is 4. The second-order valence-electron chi connectivity index (χ2n) is 3.74. The van der Waals surface area contributed by atoms with Crippen molar-refractivity contribution in [2.24, 2.45) is 0 Å². The van der Waals surface area contributed by atoms with E-state index in [-0.39, 0.29) is 5.69 Å². The molecule has 5 nitrogen and oxygen atoms in total. The Morgan fingerprint density at radius 1 is 1.37 bits per heavy atom. The van der Waals surface area contributed by atoms with Gasteiger partial charge in [0.05, 0.1) is 27.9 Å². The van der Waals surface area contributed by atoms with Crippen LogP contribution < -0.4 is 5.32 Å². The molecule has 1 N–H and O–H groups in total. The molecule has 0 fully saturated rings. The van der Waals surface area contributed by atoms with Crippen molar-refractivity contribution in [1.29, 1.82) is 0 Å². The molecule has 0 bridgehead atoms. The zero-order valence-corrected chi connectivity index (χ0v) is 12.0. The monoisotopic (exact) mass is 341 g/mol. The molecule has 0 saturated heterocycles. The highest BCUT2D eigenvalue weighted by Crippen LogP contribution is 2.27. The normalized spacial score (nSPS) is 10.2. The number of nitrogens with one attached hydrogen (secondary N) is 1. The number of nitrogens with zero attached hydrogens (tertiary/aromatic N) is 2. The van der Waals surface area contributed by atoms with Crippen LogP contribution in [-0.4, -0.2) is 9.91 Å². The molecular formula is C12H9BrClN3O2. The van der Waals surface area contributed by atoms with Crippen LogP contribution in [0.2, 0.25) is 5.02 Å². The third-order valence-corrected chi connectivity index (χ3v) is 3.21. The van der Waals surface area contributed by atoms with E-state index in [1.165, 1.54) is 18.2 Å². The van der Waals surface area contributed by atoms with E-state index < -0.39 is 4.92 Å². The fraction of sp³-hybridized carbons (Fsp3) is 0.0833. The number of hydrogen-bond donors (Lipinski definition) is 1.